The number of fused-ring (bicyclic) bond motifs is 1. The maximum atomic E-state index is 12.4. The van der Waals surface area contributed by atoms with Crippen molar-refractivity contribution in [1.29, 1.82) is 0 Å². The van der Waals surface area contributed by atoms with Gasteiger partial charge in [-0.2, -0.15) is 0 Å². The van der Waals surface area contributed by atoms with Gasteiger partial charge in [0.15, 0.2) is 15.9 Å². The molecule has 0 aliphatic rings. The Kier molecular flexibility index (Phi) is 4.51. The highest BCUT2D eigenvalue weighted by Gasteiger charge is 2.17. The van der Waals surface area contributed by atoms with Gasteiger partial charge in [0, 0.05) is 19.1 Å². The van der Waals surface area contributed by atoms with Crippen molar-refractivity contribution in [2.75, 3.05) is 6.61 Å². The third kappa shape index (κ3) is 2.87. The first-order valence-electron chi connectivity index (χ1n) is 7.10. The monoisotopic (exact) mass is 412 g/mol. The molecule has 0 amide bonds. The van der Waals surface area contributed by atoms with Gasteiger partial charge in [0.2, 0.25) is 0 Å². The summed E-state index contributed by atoms with van der Waals surface area (Å²) >= 11 is 9.17. The number of nitrogens with zero attached hydrogens (tertiary/aromatic N) is 4. The van der Waals surface area contributed by atoms with Crippen LogP contribution in [-0.2, 0) is 20.6 Å². The SMILES string of the molecule is Cn1c(=O)c2c(nc(Br)n2CCOc2ccc(Cl)cc2)n(C)c1=O. The van der Waals surface area contributed by atoms with Gasteiger partial charge in [0.25, 0.3) is 5.56 Å². The molecule has 3 rings (SSSR count). The molecule has 24 heavy (non-hydrogen) atoms. The van der Waals surface area contributed by atoms with Crippen LogP contribution in [0.3, 0.4) is 0 Å². The van der Waals surface area contributed by atoms with Crippen LogP contribution in [0.5, 0.6) is 5.75 Å². The van der Waals surface area contributed by atoms with Gasteiger partial charge in [-0.05, 0) is 40.2 Å². The highest BCUT2D eigenvalue weighted by Crippen LogP contribution is 2.18. The number of ether oxygens (including phenoxy) is 1. The summed E-state index contributed by atoms with van der Waals surface area (Å²) in [5.41, 5.74) is -0.118. The lowest BCUT2D eigenvalue weighted by Crippen LogP contribution is -2.37. The Morgan fingerprint density at radius 2 is 1.83 bits per heavy atom. The Labute approximate surface area is 150 Å². The van der Waals surface area contributed by atoms with E-state index in [1.807, 2.05) is 0 Å². The molecule has 0 N–H and O–H groups in total. The largest absolute Gasteiger partial charge is 0.492 e. The van der Waals surface area contributed by atoms with E-state index < -0.39 is 11.2 Å². The van der Waals surface area contributed by atoms with Crippen LogP contribution in [0.25, 0.3) is 11.2 Å². The van der Waals surface area contributed by atoms with Gasteiger partial charge in [0.05, 0.1) is 6.54 Å². The van der Waals surface area contributed by atoms with E-state index in [0.717, 1.165) is 4.57 Å². The van der Waals surface area contributed by atoms with Gasteiger partial charge >= 0.3 is 5.69 Å². The highest BCUT2D eigenvalue weighted by molar-refractivity contribution is 9.10. The van der Waals surface area contributed by atoms with E-state index in [-0.39, 0.29) is 0 Å². The molecule has 9 heteroatoms. The van der Waals surface area contributed by atoms with Crippen LogP contribution >= 0.6 is 27.5 Å². The van der Waals surface area contributed by atoms with E-state index in [4.69, 9.17) is 16.3 Å². The number of hydrogen-bond acceptors (Lipinski definition) is 4. The van der Waals surface area contributed by atoms with Crippen molar-refractivity contribution in [2.24, 2.45) is 14.1 Å². The molecule has 0 aliphatic carbocycles. The number of aryl methyl sites for hydroxylation is 1. The molecule has 0 bridgehead atoms. The summed E-state index contributed by atoms with van der Waals surface area (Å²) in [6.07, 6.45) is 0. The summed E-state index contributed by atoms with van der Waals surface area (Å²) in [5.74, 6) is 0.681. The molecular formula is C15H14BrClN4O3. The summed E-state index contributed by atoms with van der Waals surface area (Å²) in [6.45, 7) is 0.727. The fraction of sp³-hybridized carbons (Fsp3) is 0.267. The summed E-state index contributed by atoms with van der Waals surface area (Å²) in [7, 11) is 3.03. The van der Waals surface area contributed by atoms with Crippen LogP contribution < -0.4 is 16.0 Å². The Morgan fingerprint density at radius 3 is 2.50 bits per heavy atom. The Bertz CT molecular complexity index is 1020. The Balaban J connectivity index is 1.92. The Hall–Kier alpha value is -2.06. The number of imidazole rings is 1. The Morgan fingerprint density at radius 1 is 1.17 bits per heavy atom. The molecule has 7 nitrogen and oxygen atoms in total. The van der Waals surface area contributed by atoms with Gasteiger partial charge in [-0.15, -0.1) is 0 Å². The molecule has 1 aromatic carbocycles. The molecule has 0 saturated carbocycles. The number of rotatable bonds is 4. The maximum absolute atomic E-state index is 12.4. The van der Waals surface area contributed by atoms with Crippen LogP contribution in [0.1, 0.15) is 0 Å². The molecule has 0 spiro atoms. The fourth-order valence-electron chi connectivity index (χ4n) is 2.41. The second-order valence-corrected chi connectivity index (χ2v) is 6.36. The second kappa shape index (κ2) is 6.45. The van der Waals surface area contributed by atoms with Crippen LogP contribution in [0.15, 0.2) is 38.6 Å². The first-order valence-corrected chi connectivity index (χ1v) is 8.27. The summed E-state index contributed by atoms with van der Waals surface area (Å²) < 4.78 is 10.2. The van der Waals surface area contributed by atoms with Gasteiger partial charge < -0.3 is 9.30 Å². The van der Waals surface area contributed by atoms with Gasteiger partial charge in [-0.25, -0.2) is 9.78 Å². The first kappa shape index (κ1) is 16.8. The molecule has 0 fully saturated rings. The van der Waals surface area contributed by atoms with E-state index in [1.54, 1.807) is 35.9 Å². The quantitative estimate of drug-likeness (QED) is 0.613. The molecular weight excluding hydrogens is 400 g/mol. The molecule has 0 saturated heterocycles. The van der Waals surface area contributed by atoms with Crippen molar-refractivity contribution >= 4 is 38.7 Å². The van der Waals surface area contributed by atoms with Crippen molar-refractivity contribution in [2.45, 2.75) is 6.54 Å². The van der Waals surface area contributed by atoms with Gasteiger partial charge in [0.1, 0.15) is 12.4 Å². The molecule has 0 atom stereocenters. The lowest BCUT2D eigenvalue weighted by Gasteiger charge is -2.09. The topological polar surface area (TPSA) is 71.0 Å². The smallest absolute Gasteiger partial charge is 0.332 e. The van der Waals surface area contributed by atoms with Crippen molar-refractivity contribution in [1.82, 2.24) is 18.7 Å². The number of benzene rings is 1. The maximum Gasteiger partial charge on any atom is 0.332 e. The number of aromatic nitrogens is 4. The molecule has 0 unspecified atom stereocenters. The second-order valence-electron chi connectivity index (χ2n) is 5.21. The van der Waals surface area contributed by atoms with Crippen molar-refractivity contribution < 1.29 is 4.74 Å². The minimum absolute atomic E-state index is 0.331. The zero-order chi connectivity index (χ0) is 17.4. The average molecular weight is 414 g/mol. The van der Waals surface area contributed by atoms with Crippen molar-refractivity contribution in [3.8, 4) is 5.75 Å². The van der Waals surface area contributed by atoms with E-state index in [0.29, 0.717) is 39.8 Å². The third-order valence-electron chi connectivity index (χ3n) is 3.70. The van der Waals surface area contributed by atoms with Crippen LogP contribution in [-0.4, -0.2) is 25.3 Å². The summed E-state index contributed by atoms with van der Waals surface area (Å²) in [4.78, 5) is 28.7. The molecule has 3 aromatic rings. The normalized spacial score (nSPS) is 11.2. The van der Waals surface area contributed by atoms with E-state index >= 15 is 0 Å². The predicted molar refractivity (Wildman–Crippen MR) is 94.9 cm³/mol. The van der Waals surface area contributed by atoms with Crippen LogP contribution in [0.4, 0.5) is 0 Å². The molecule has 2 aromatic heterocycles. The van der Waals surface area contributed by atoms with Gasteiger partial charge in [-0.1, -0.05) is 11.6 Å². The highest BCUT2D eigenvalue weighted by atomic mass is 79.9. The zero-order valence-corrected chi connectivity index (χ0v) is 15.3. The summed E-state index contributed by atoms with van der Waals surface area (Å²) in [5, 5.41) is 0.634. The average Bonchev–Trinajstić information content (AvgIpc) is 2.90. The molecule has 0 radical (unpaired) electrons. The minimum Gasteiger partial charge on any atom is -0.492 e. The van der Waals surface area contributed by atoms with Crippen molar-refractivity contribution in [3.05, 3.63) is 54.9 Å². The lowest BCUT2D eigenvalue weighted by molar-refractivity contribution is 0.299. The number of hydrogen-bond donors (Lipinski definition) is 0. The predicted octanol–water partition coefficient (Wildman–Crippen LogP) is 1.93. The molecule has 0 aliphatic heterocycles. The lowest BCUT2D eigenvalue weighted by atomic mass is 10.3. The van der Waals surface area contributed by atoms with Gasteiger partial charge in [-0.3, -0.25) is 13.9 Å². The van der Waals surface area contributed by atoms with E-state index in [9.17, 15) is 9.59 Å². The third-order valence-corrected chi connectivity index (χ3v) is 4.56. The molecule has 126 valence electrons. The minimum atomic E-state index is -0.415. The fourth-order valence-corrected chi connectivity index (χ4v) is 3.06. The zero-order valence-electron chi connectivity index (χ0n) is 13.0. The number of halogens is 2. The standard InChI is InChI=1S/C15H14BrClN4O3/c1-19-12-11(13(22)20(2)15(19)23)21(14(16)18-12)7-8-24-10-5-3-9(17)4-6-10/h3-6H,7-8H2,1-2H3. The first-order chi connectivity index (χ1) is 11.4. The summed E-state index contributed by atoms with van der Waals surface area (Å²) in [6, 6.07) is 7.02. The van der Waals surface area contributed by atoms with E-state index in [1.165, 1.54) is 11.6 Å². The van der Waals surface area contributed by atoms with Crippen LogP contribution in [0.2, 0.25) is 5.02 Å². The van der Waals surface area contributed by atoms with Crippen LogP contribution in [0, 0.1) is 0 Å². The molecule has 2 heterocycles. The van der Waals surface area contributed by atoms with Crippen molar-refractivity contribution in [3.63, 3.8) is 0 Å². The van der Waals surface area contributed by atoms with E-state index in [2.05, 4.69) is 20.9 Å².